The van der Waals surface area contributed by atoms with Gasteiger partial charge in [0.25, 0.3) is 0 Å². The maximum atomic E-state index is 10.2. The number of aliphatic hydroxyl groups is 1. The Balaban J connectivity index is 2.03. The van der Waals surface area contributed by atoms with Crippen molar-refractivity contribution in [3.05, 3.63) is 29.8 Å². The lowest BCUT2D eigenvalue weighted by molar-refractivity contribution is 0.174. The first-order valence-electron chi connectivity index (χ1n) is 7.78. The highest BCUT2D eigenvalue weighted by Crippen LogP contribution is 2.31. The SMILES string of the molecule is CC[C@H](O)c1ccccc1N1CCC(CN(C)C)CC1. The molecule has 1 aliphatic heterocycles. The zero-order valence-corrected chi connectivity index (χ0v) is 13.0. The fraction of sp³-hybridized carbons (Fsp3) is 0.647. The topological polar surface area (TPSA) is 26.7 Å². The molecule has 0 amide bonds. The molecule has 1 fully saturated rings. The number of aliphatic hydroxyl groups excluding tert-OH is 1. The number of piperidine rings is 1. The zero-order chi connectivity index (χ0) is 14.5. The molecule has 0 aliphatic carbocycles. The summed E-state index contributed by atoms with van der Waals surface area (Å²) in [6.45, 7) is 5.43. The molecular formula is C17H28N2O. The van der Waals surface area contributed by atoms with Crippen molar-refractivity contribution in [3.63, 3.8) is 0 Å². The van der Waals surface area contributed by atoms with Crippen LogP contribution in [0.2, 0.25) is 0 Å². The third-order valence-corrected chi connectivity index (χ3v) is 4.26. The summed E-state index contributed by atoms with van der Waals surface area (Å²) in [7, 11) is 4.30. The number of anilines is 1. The first-order valence-corrected chi connectivity index (χ1v) is 7.78. The van der Waals surface area contributed by atoms with Crippen LogP contribution in [-0.2, 0) is 0 Å². The summed E-state index contributed by atoms with van der Waals surface area (Å²) in [6.07, 6.45) is 2.92. The largest absolute Gasteiger partial charge is 0.388 e. The molecule has 0 spiro atoms. The van der Waals surface area contributed by atoms with Crippen molar-refractivity contribution in [2.24, 2.45) is 5.92 Å². The van der Waals surface area contributed by atoms with Crippen molar-refractivity contribution >= 4 is 5.69 Å². The molecule has 1 atom stereocenters. The lowest BCUT2D eigenvalue weighted by Gasteiger charge is -2.36. The van der Waals surface area contributed by atoms with Crippen molar-refractivity contribution in [1.29, 1.82) is 0 Å². The van der Waals surface area contributed by atoms with Gasteiger partial charge >= 0.3 is 0 Å². The van der Waals surface area contributed by atoms with Gasteiger partial charge in [-0.3, -0.25) is 0 Å². The van der Waals surface area contributed by atoms with E-state index in [1.807, 2.05) is 13.0 Å². The first kappa shape index (κ1) is 15.3. The summed E-state index contributed by atoms with van der Waals surface area (Å²) < 4.78 is 0. The Morgan fingerprint density at radius 2 is 1.90 bits per heavy atom. The highest BCUT2D eigenvalue weighted by molar-refractivity contribution is 5.54. The molecule has 112 valence electrons. The van der Waals surface area contributed by atoms with E-state index in [0.29, 0.717) is 0 Å². The van der Waals surface area contributed by atoms with E-state index in [2.05, 4.69) is 42.1 Å². The van der Waals surface area contributed by atoms with Crippen molar-refractivity contribution in [1.82, 2.24) is 4.90 Å². The van der Waals surface area contributed by atoms with Gasteiger partial charge in [-0.1, -0.05) is 25.1 Å². The predicted molar refractivity (Wildman–Crippen MR) is 85.2 cm³/mol. The molecular weight excluding hydrogens is 248 g/mol. The van der Waals surface area contributed by atoms with E-state index in [0.717, 1.165) is 31.0 Å². The van der Waals surface area contributed by atoms with Gasteiger partial charge in [0.2, 0.25) is 0 Å². The summed E-state index contributed by atoms with van der Waals surface area (Å²) >= 11 is 0. The summed E-state index contributed by atoms with van der Waals surface area (Å²) in [5.41, 5.74) is 2.31. The van der Waals surface area contributed by atoms with E-state index < -0.39 is 0 Å². The van der Waals surface area contributed by atoms with Gasteiger partial charge in [0, 0.05) is 30.9 Å². The van der Waals surface area contributed by atoms with Crippen LogP contribution in [0.4, 0.5) is 5.69 Å². The Labute approximate surface area is 123 Å². The number of para-hydroxylation sites is 1. The fourth-order valence-electron chi connectivity index (χ4n) is 3.15. The smallest absolute Gasteiger partial charge is 0.0807 e. The molecule has 1 aliphatic rings. The molecule has 3 heteroatoms. The Kier molecular flexibility index (Phi) is 5.44. The number of hydrogen-bond donors (Lipinski definition) is 1. The highest BCUT2D eigenvalue weighted by atomic mass is 16.3. The lowest BCUT2D eigenvalue weighted by Crippen LogP contribution is -2.37. The third-order valence-electron chi connectivity index (χ3n) is 4.26. The van der Waals surface area contributed by atoms with Crippen LogP contribution >= 0.6 is 0 Å². The predicted octanol–water partition coefficient (Wildman–Crippen LogP) is 2.91. The quantitative estimate of drug-likeness (QED) is 0.896. The van der Waals surface area contributed by atoms with Gasteiger partial charge in [-0.25, -0.2) is 0 Å². The first-order chi connectivity index (χ1) is 9.61. The molecule has 0 bridgehead atoms. The van der Waals surface area contributed by atoms with Gasteiger partial charge in [0.05, 0.1) is 6.10 Å². The molecule has 0 aromatic heterocycles. The normalized spacial score (nSPS) is 18.6. The minimum atomic E-state index is -0.342. The molecule has 1 aromatic carbocycles. The van der Waals surface area contributed by atoms with Gasteiger partial charge in [-0.2, -0.15) is 0 Å². The van der Waals surface area contributed by atoms with Crippen molar-refractivity contribution in [3.8, 4) is 0 Å². The second-order valence-corrected chi connectivity index (χ2v) is 6.18. The fourth-order valence-corrected chi connectivity index (χ4v) is 3.15. The van der Waals surface area contributed by atoms with Crippen LogP contribution in [0.15, 0.2) is 24.3 Å². The summed E-state index contributed by atoms with van der Waals surface area (Å²) in [5.74, 6) is 0.810. The van der Waals surface area contributed by atoms with Gasteiger partial charge in [0.1, 0.15) is 0 Å². The third kappa shape index (κ3) is 3.74. The van der Waals surface area contributed by atoms with Crippen LogP contribution in [0.5, 0.6) is 0 Å². The van der Waals surface area contributed by atoms with E-state index >= 15 is 0 Å². The monoisotopic (exact) mass is 276 g/mol. The minimum Gasteiger partial charge on any atom is -0.388 e. The zero-order valence-electron chi connectivity index (χ0n) is 13.0. The Hall–Kier alpha value is -1.06. The van der Waals surface area contributed by atoms with Crippen molar-refractivity contribution in [2.45, 2.75) is 32.3 Å². The maximum absolute atomic E-state index is 10.2. The van der Waals surface area contributed by atoms with E-state index in [-0.39, 0.29) is 6.10 Å². The number of rotatable bonds is 5. The van der Waals surface area contributed by atoms with E-state index in [1.165, 1.54) is 25.1 Å². The second kappa shape index (κ2) is 7.09. The minimum absolute atomic E-state index is 0.342. The van der Waals surface area contributed by atoms with Crippen LogP contribution < -0.4 is 4.90 Å². The molecule has 20 heavy (non-hydrogen) atoms. The molecule has 1 heterocycles. The summed E-state index contributed by atoms with van der Waals surface area (Å²) in [6, 6.07) is 8.32. The van der Waals surface area contributed by atoms with Crippen molar-refractivity contribution < 1.29 is 5.11 Å². The van der Waals surface area contributed by atoms with Gasteiger partial charge < -0.3 is 14.9 Å². The Morgan fingerprint density at radius 1 is 1.25 bits per heavy atom. The molecule has 1 aromatic rings. The van der Waals surface area contributed by atoms with Crippen LogP contribution in [-0.4, -0.2) is 43.7 Å². The Morgan fingerprint density at radius 3 is 2.50 bits per heavy atom. The van der Waals surface area contributed by atoms with Gasteiger partial charge in [-0.05, 0) is 45.3 Å². The number of nitrogens with zero attached hydrogens (tertiary/aromatic N) is 2. The summed E-state index contributed by atoms with van der Waals surface area (Å²) in [4.78, 5) is 4.73. The van der Waals surface area contributed by atoms with Crippen LogP contribution in [0, 0.1) is 5.92 Å². The van der Waals surface area contributed by atoms with Crippen LogP contribution in [0.1, 0.15) is 37.9 Å². The van der Waals surface area contributed by atoms with Crippen LogP contribution in [0.3, 0.4) is 0 Å². The van der Waals surface area contributed by atoms with E-state index in [9.17, 15) is 5.11 Å². The van der Waals surface area contributed by atoms with Gasteiger partial charge in [0.15, 0.2) is 0 Å². The second-order valence-electron chi connectivity index (χ2n) is 6.18. The standard InChI is InChI=1S/C17H28N2O/c1-4-17(20)15-7-5-6-8-16(15)19-11-9-14(10-12-19)13-18(2)3/h5-8,14,17,20H,4,9-13H2,1-3H3/t17-/m0/s1. The molecule has 3 nitrogen and oxygen atoms in total. The number of hydrogen-bond acceptors (Lipinski definition) is 3. The molecule has 0 saturated carbocycles. The average Bonchev–Trinajstić information content (AvgIpc) is 2.46. The van der Waals surface area contributed by atoms with Gasteiger partial charge in [-0.15, -0.1) is 0 Å². The molecule has 0 unspecified atom stereocenters. The maximum Gasteiger partial charge on any atom is 0.0807 e. The van der Waals surface area contributed by atoms with E-state index in [1.54, 1.807) is 0 Å². The molecule has 1 saturated heterocycles. The lowest BCUT2D eigenvalue weighted by atomic mass is 9.94. The summed E-state index contributed by atoms with van der Waals surface area (Å²) in [5, 5.41) is 10.2. The average molecular weight is 276 g/mol. The Bertz CT molecular complexity index is 411. The molecule has 0 radical (unpaired) electrons. The molecule has 2 rings (SSSR count). The van der Waals surface area contributed by atoms with Crippen molar-refractivity contribution in [2.75, 3.05) is 38.6 Å². The number of benzene rings is 1. The highest BCUT2D eigenvalue weighted by Gasteiger charge is 2.22. The van der Waals surface area contributed by atoms with Crippen LogP contribution in [0.25, 0.3) is 0 Å². The molecule has 1 N–H and O–H groups in total. The van der Waals surface area contributed by atoms with E-state index in [4.69, 9.17) is 0 Å².